The number of nitrogens with one attached hydrogen (secondary N) is 1. The van der Waals surface area contributed by atoms with Gasteiger partial charge in [0, 0.05) is 23.5 Å². The molecule has 1 heterocycles. The summed E-state index contributed by atoms with van der Waals surface area (Å²) in [6.45, 7) is 6.52. The van der Waals surface area contributed by atoms with Crippen LogP contribution in [0.5, 0.6) is 5.75 Å². The SMILES string of the molecule is CCOc1cc(C)cc(/C=N/NC(=O)c2ccncc2)c1C. The Kier molecular flexibility index (Phi) is 5.25. The van der Waals surface area contributed by atoms with Gasteiger partial charge in [-0.25, -0.2) is 5.43 Å². The van der Waals surface area contributed by atoms with Crippen molar-refractivity contribution < 1.29 is 9.53 Å². The molecule has 2 rings (SSSR count). The standard InChI is InChI=1S/C17H19N3O2/c1-4-22-16-10-12(2)9-15(13(16)3)11-19-20-17(21)14-5-7-18-8-6-14/h5-11H,4H2,1-3H3,(H,20,21)/b19-11+. The van der Waals surface area contributed by atoms with Crippen LogP contribution in [0.3, 0.4) is 0 Å². The van der Waals surface area contributed by atoms with Crippen molar-refractivity contribution in [3.8, 4) is 5.75 Å². The van der Waals surface area contributed by atoms with E-state index in [1.807, 2.05) is 32.9 Å². The highest BCUT2D eigenvalue weighted by molar-refractivity contribution is 5.94. The average Bonchev–Trinajstić information content (AvgIpc) is 2.52. The first-order chi connectivity index (χ1) is 10.6. The van der Waals surface area contributed by atoms with Gasteiger partial charge in [-0.1, -0.05) is 0 Å². The van der Waals surface area contributed by atoms with Crippen LogP contribution < -0.4 is 10.2 Å². The Morgan fingerprint density at radius 1 is 1.32 bits per heavy atom. The van der Waals surface area contributed by atoms with Crippen molar-refractivity contribution in [2.75, 3.05) is 6.61 Å². The maximum atomic E-state index is 11.9. The van der Waals surface area contributed by atoms with E-state index < -0.39 is 0 Å². The average molecular weight is 297 g/mol. The van der Waals surface area contributed by atoms with E-state index >= 15 is 0 Å². The van der Waals surface area contributed by atoms with E-state index in [1.54, 1.807) is 30.7 Å². The summed E-state index contributed by atoms with van der Waals surface area (Å²) >= 11 is 0. The molecule has 0 aliphatic carbocycles. The van der Waals surface area contributed by atoms with E-state index in [-0.39, 0.29) is 5.91 Å². The zero-order chi connectivity index (χ0) is 15.9. The number of hydrogen-bond acceptors (Lipinski definition) is 4. The van der Waals surface area contributed by atoms with Gasteiger partial charge in [0.25, 0.3) is 5.91 Å². The molecule has 0 saturated heterocycles. The van der Waals surface area contributed by atoms with Crippen LogP contribution in [-0.4, -0.2) is 23.7 Å². The first kappa shape index (κ1) is 15.7. The fraction of sp³-hybridized carbons (Fsp3) is 0.235. The molecule has 114 valence electrons. The minimum atomic E-state index is -0.269. The number of benzene rings is 1. The lowest BCUT2D eigenvalue weighted by atomic mass is 10.1. The molecule has 5 nitrogen and oxygen atoms in total. The normalized spacial score (nSPS) is 10.7. The van der Waals surface area contributed by atoms with Gasteiger partial charge < -0.3 is 4.74 Å². The molecule has 1 aromatic carbocycles. The van der Waals surface area contributed by atoms with E-state index in [4.69, 9.17) is 4.74 Å². The predicted octanol–water partition coefficient (Wildman–Crippen LogP) is 2.86. The van der Waals surface area contributed by atoms with Gasteiger partial charge in [-0.15, -0.1) is 0 Å². The summed E-state index contributed by atoms with van der Waals surface area (Å²) in [5, 5.41) is 4.02. The fourth-order valence-corrected chi connectivity index (χ4v) is 2.02. The molecule has 22 heavy (non-hydrogen) atoms. The smallest absolute Gasteiger partial charge is 0.271 e. The maximum Gasteiger partial charge on any atom is 0.271 e. The quantitative estimate of drug-likeness (QED) is 0.682. The molecule has 0 atom stereocenters. The largest absolute Gasteiger partial charge is 0.494 e. The Balaban J connectivity index is 2.12. The highest BCUT2D eigenvalue weighted by Gasteiger charge is 2.06. The summed E-state index contributed by atoms with van der Waals surface area (Å²) in [5.41, 5.74) is 6.01. The first-order valence-corrected chi connectivity index (χ1v) is 7.09. The van der Waals surface area contributed by atoms with Gasteiger partial charge in [0.2, 0.25) is 0 Å². The van der Waals surface area contributed by atoms with E-state index in [9.17, 15) is 4.79 Å². The highest BCUT2D eigenvalue weighted by atomic mass is 16.5. The number of pyridine rings is 1. The Morgan fingerprint density at radius 3 is 2.73 bits per heavy atom. The van der Waals surface area contributed by atoms with E-state index in [1.165, 1.54) is 0 Å². The zero-order valence-corrected chi connectivity index (χ0v) is 13.0. The lowest BCUT2D eigenvalue weighted by molar-refractivity contribution is 0.0955. The summed E-state index contributed by atoms with van der Waals surface area (Å²) in [4.78, 5) is 15.8. The van der Waals surface area contributed by atoms with Crippen molar-refractivity contribution in [3.63, 3.8) is 0 Å². The van der Waals surface area contributed by atoms with E-state index in [0.29, 0.717) is 12.2 Å². The van der Waals surface area contributed by atoms with Crippen molar-refractivity contribution in [2.24, 2.45) is 5.10 Å². The van der Waals surface area contributed by atoms with Crippen molar-refractivity contribution in [3.05, 3.63) is 58.9 Å². The van der Waals surface area contributed by atoms with Gasteiger partial charge in [-0.2, -0.15) is 5.10 Å². The number of ether oxygens (including phenoxy) is 1. The van der Waals surface area contributed by atoms with Crippen LogP contribution in [0, 0.1) is 13.8 Å². The molecule has 0 spiro atoms. The summed E-state index contributed by atoms with van der Waals surface area (Å²) in [5.74, 6) is 0.568. The molecule has 0 aliphatic rings. The number of carbonyl (C=O) groups excluding carboxylic acids is 1. The number of rotatable bonds is 5. The number of amides is 1. The van der Waals surface area contributed by atoms with Gasteiger partial charge in [0.05, 0.1) is 12.8 Å². The maximum absolute atomic E-state index is 11.9. The first-order valence-electron chi connectivity index (χ1n) is 7.09. The number of carbonyl (C=O) groups is 1. The fourth-order valence-electron chi connectivity index (χ4n) is 2.02. The van der Waals surface area contributed by atoms with E-state index in [0.717, 1.165) is 22.4 Å². The molecule has 0 saturated carbocycles. The molecule has 1 aromatic heterocycles. The second-order valence-corrected chi connectivity index (χ2v) is 4.85. The minimum absolute atomic E-state index is 0.269. The molecule has 0 unspecified atom stereocenters. The third-order valence-corrected chi connectivity index (χ3v) is 3.16. The monoisotopic (exact) mass is 297 g/mol. The van der Waals surface area contributed by atoms with Crippen molar-refractivity contribution in [1.82, 2.24) is 10.4 Å². The molecule has 0 bridgehead atoms. The third-order valence-electron chi connectivity index (χ3n) is 3.16. The Labute approximate surface area is 130 Å². The van der Waals surface area contributed by atoms with Crippen molar-refractivity contribution in [2.45, 2.75) is 20.8 Å². The minimum Gasteiger partial charge on any atom is -0.494 e. The van der Waals surface area contributed by atoms with Gasteiger partial charge in [-0.3, -0.25) is 9.78 Å². The summed E-state index contributed by atoms with van der Waals surface area (Å²) in [6, 6.07) is 7.26. The zero-order valence-electron chi connectivity index (χ0n) is 13.0. The van der Waals surface area contributed by atoms with Crippen molar-refractivity contribution >= 4 is 12.1 Å². The molecular weight excluding hydrogens is 278 g/mol. The number of aryl methyl sites for hydroxylation is 1. The van der Waals surface area contributed by atoms with Crippen LogP contribution in [0.1, 0.15) is 34.0 Å². The topological polar surface area (TPSA) is 63.6 Å². The summed E-state index contributed by atoms with van der Waals surface area (Å²) in [7, 11) is 0. The lowest BCUT2D eigenvalue weighted by Crippen LogP contribution is -2.17. The Morgan fingerprint density at radius 2 is 2.05 bits per heavy atom. The van der Waals surface area contributed by atoms with Crippen LogP contribution in [-0.2, 0) is 0 Å². The second-order valence-electron chi connectivity index (χ2n) is 4.85. The number of aromatic nitrogens is 1. The summed E-state index contributed by atoms with van der Waals surface area (Å²) < 4.78 is 5.60. The van der Waals surface area contributed by atoms with Crippen LogP contribution in [0.4, 0.5) is 0 Å². The second kappa shape index (κ2) is 7.36. The van der Waals surface area contributed by atoms with Crippen LogP contribution >= 0.6 is 0 Å². The number of hydrogen-bond donors (Lipinski definition) is 1. The number of hydrazone groups is 1. The van der Waals surface area contributed by atoms with Crippen LogP contribution in [0.2, 0.25) is 0 Å². The molecule has 0 fully saturated rings. The molecule has 2 aromatic rings. The van der Waals surface area contributed by atoms with Crippen LogP contribution in [0.15, 0.2) is 41.8 Å². The highest BCUT2D eigenvalue weighted by Crippen LogP contribution is 2.22. The molecule has 5 heteroatoms. The Hall–Kier alpha value is -2.69. The molecule has 1 N–H and O–H groups in total. The van der Waals surface area contributed by atoms with Gasteiger partial charge >= 0.3 is 0 Å². The lowest BCUT2D eigenvalue weighted by Gasteiger charge is -2.10. The van der Waals surface area contributed by atoms with Crippen molar-refractivity contribution in [1.29, 1.82) is 0 Å². The third kappa shape index (κ3) is 3.91. The molecular formula is C17H19N3O2. The van der Waals surface area contributed by atoms with Crippen LogP contribution in [0.25, 0.3) is 0 Å². The van der Waals surface area contributed by atoms with E-state index in [2.05, 4.69) is 15.5 Å². The molecule has 0 aliphatic heterocycles. The van der Waals surface area contributed by atoms with Gasteiger partial charge in [0.15, 0.2) is 0 Å². The summed E-state index contributed by atoms with van der Waals surface area (Å²) in [6.07, 6.45) is 4.76. The van der Waals surface area contributed by atoms with Gasteiger partial charge in [0.1, 0.15) is 5.75 Å². The predicted molar refractivity (Wildman–Crippen MR) is 86.4 cm³/mol. The van der Waals surface area contributed by atoms with Gasteiger partial charge in [-0.05, 0) is 56.2 Å². The number of nitrogens with zero attached hydrogens (tertiary/aromatic N) is 2. The molecule has 1 amide bonds. The Bertz CT molecular complexity index is 682. The molecule has 0 radical (unpaired) electrons.